The Balaban J connectivity index is 1.48. The second-order valence-electron chi connectivity index (χ2n) is 9.42. The van der Waals surface area contributed by atoms with Gasteiger partial charge in [-0.3, -0.25) is 9.59 Å². The Labute approximate surface area is 241 Å². The lowest BCUT2D eigenvalue weighted by molar-refractivity contribution is -0.116. The number of carbonyl (C=O) groups excluding carboxylic acids is 2. The van der Waals surface area contributed by atoms with E-state index in [0.29, 0.717) is 34.1 Å². The van der Waals surface area contributed by atoms with Crippen molar-refractivity contribution in [1.29, 1.82) is 0 Å². The quantitative estimate of drug-likeness (QED) is 0.247. The minimum atomic E-state index is -0.667. The minimum Gasteiger partial charge on any atom is -0.507 e. The van der Waals surface area contributed by atoms with E-state index < -0.39 is 11.3 Å². The van der Waals surface area contributed by atoms with Crippen molar-refractivity contribution < 1.29 is 28.6 Å². The maximum Gasteiger partial charge on any atom is 0.279 e. The number of thioether (sulfide) groups is 1. The number of carbonyl (C=O) groups is 2. The molecule has 1 unspecified atom stereocenters. The number of methoxy groups -OCH3 is 1. The zero-order valence-electron chi connectivity index (χ0n) is 22.4. The van der Waals surface area contributed by atoms with E-state index in [9.17, 15) is 19.1 Å². The molecule has 1 N–H and O–H groups in total. The lowest BCUT2D eigenvalue weighted by atomic mass is 10.1. The van der Waals surface area contributed by atoms with Crippen molar-refractivity contribution >= 4 is 28.5 Å². The predicted octanol–water partition coefficient (Wildman–Crippen LogP) is 6.50. The molecule has 1 amide bonds. The largest absolute Gasteiger partial charge is 0.507 e. The fourth-order valence-corrected chi connectivity index (χ4v) is 5.68. The molecule has 7 nitrogen and oxygen atoms in total. The highest BCUT2D eigenvalue weighted by Crippen LogP contribution is 2.48. The molecule has 41 heavy (non-hydrogen) atoms. The first-order valence-corrected chi connectivity index (χ1v) is 13.7. The van der Waals surface area contributed by atoms with Crippen molar-refractivity contribution in [1.82, 2.24) is 5.01 Å². The molecule has 208 valence electrons. The summed E-state index contributed by atoms with van der Waals surface area (Å²) in [6.45, 7) is 1.79. The monoisotopic (exact) mass is 570 g/mol. The highest BCUT2D eigenvalue weighted by atomic mass is 32.2. The number of nitrogens with zero attached hydrogens (tertiary/aromatic N) is 2. The van der Waals surface area contributed by atoms with E-state index in [2.05, 4.69) is 5.10 Å². The molecular weight excluding hydrogens is 543 g/mol. The summed E-state index contributed by atoms with van der Waals surface area (Å²) in [6, 6.07) is 25.2. The van der Waals surface area contributed by atoms with E-state index in [1.807, 2.05) is 30.3 Å². The molecule has 4 aromatic rings. The van der Waals surface area contributed by atoms with Gasteiger partial charge in [0.1, 0.15) is 34.4 Å². The lowest BCUT2D eigenvalue weighted by Gasteiger charge is -2.24. The van der Waals surface area contributed by atoms with Crippen molar-refractivity contribution in [2.24, 2.45) is 5.10 Å². The Morgan fingerprint density at radius 3 is 2.44 bits per heavy atom. The van der Waals surface area contributed by atoms with E-state index in [1.165, 1.54) is 48.1 Å². The number of Topliss-reactive ketones (excluding diaryl/α,β-unsaturated/α-hetero) is 1. The molecule has 1 aliphatic rings. The van der Waals surface area contributed by atoms with Gasteiger partial charge < -0.3 is 14.6 Å². The van der Waals surface area contributed by atoms with Gasteiger partial charge in [-0.25, -0.2) is 9.40 Å². The van der Waals surface area contributed by atoms with Crippen LogP contribution in [0, 0.1) is 5.82 Å². The molecule has 0 bridgehead atoms. The second kappa shape index (κ2) is 12.3. The first-order valence-electron chi connectivity index (χ1n) is 12.8. The molecule has 0 saturated carbocycles. The number of halogens is 1. The number of amides is 1. The summed E-state index contributed by atoms with van der Waals surface area (Å²) >= 11 is 1.30. The van der Waals surface area contributed by atoms with Crippen LogP contribution in [0.4, 0.5) is 4.39 Å². The van der Waals surface area contributed by atoms with Gasteiger partial charge in [-0.2, -0.15) is 5.10 Å². The van der Waals surface area contributed by atoms with Gasteiger partial charge in [0, 0.05) is 17.5 Å². The standard InChI is InChI=1S/C32H27FN2O5S/c1-20(36)17-21-7-5-8-22(18-21)19-40-28-12-6-10-26(29(28)39-2)32-35(31(38)25-9-3-4-11-27(25)37)34-30(41-32)23-13-15-24(33)16-14-23/h3-16,18,32,37H,17,19H2,1-2H3. The van der Waals surface area contributed by atoms with Crippen LogP contribution in [0.1, 0.15) is 44.9 Å². The average Bonchev–Trinajstić information content (AvgIpc) is 3.41. The molecule has 0 spiro atoms. The fraction of sp³-hybridized carbons (Fsp3) is 0.156. The van der Waals surface area contributed by atoms with Gasteiger partial charge in [-0.05, 0) is 60.5 Å². The van der Waals surface area contributed by atoms with Gasteiger partial charge in [-0.15, -0.1) is 0 Å². The number of ketones is 1. The number of para-hydroxylation sites is 2. The van der Waals surface area contributed by atoms with Gasteiger partial charge in [0.05, 0.1) is 12.7 Å². The molecule has 5 rings (SSSR count). The minimum absolute atomic E-state index is 0.0802. The summed E-state index contributed by atoms with van der Waals surface area (Å²) in [5.41, 5.74) is 3.17. The molecule has 0 fully saturated rings. The molecule has 1 atom stereocenters. The van der Waals surface area contributed by atoms with E-state index in [0.717, 1.165) is 11.1 Å². The summed E-state index contributed by atoms with van der Waals surface area (Å²) < 4.78 is 25.6. The molecular formula is C32H27FN2O5S. The number of phenols is 1. The number of rotatable bonds is 9. The van der Waals surface area contributed by atoms with Crippen LogP contribution in [-0.2, 0) is 17.8 Å². The molecule has 0 saturated heterocycles. The number of benzene rings is 4. The summed E-state index contributed by atoms with van der Waals surface area (Å²) in [4.78, 5) is 25.2. The molecule has 1 heterocycles. The number of hydrogen-bond donors (Lipinski definition) is 1. The highest BCUT2D eigenvalue weighted by Gasteiger charge is 2.37. The normalized spacial score (nSPS) is 14.5. The topological polar surface area (TPSA) is 88.4 Å². The van der Waals surface area contributed by atoms with Crippen molar-refractivity contribution in [3.8, 4) is 17.2 Å². The lowest BCUT2D eigenvalue weighted by Crippen LogP contribution is -2.26. The van der Waals surface area contributed by atoms with Crippen molar-refractivity contribution in [2.75, 3.05) is 7.11 Å². The number of hydrazone groups is 1. The molecule has 4 aromatic carbocycles. The SMILES string of the molecule is COc1c(OCc2cccc(CC(C)=O)c2)cccc1C1SC(c2ccc(F)cc2)=NN1C(=O)c1ccccc1O. The third kappa shape index (κ3) is 6.25. The summed E-state index contributed by atoms with van der Waals surface area (Å²) in [5, 5.41) is 16.1. The van der Waals surface area contributed by atoms with Gasteiger partial charge in [0.25, 0.3) is 5.91 Å². The van der Waals surface area contributed by atoms with Crippen LogP contribution in [0.2, 0.25) is 0 Å². The van der Waals surface area contributed by atoms with Crippen LogP contribution in [0.3, 0.4) is 0 Å². The van der Waals surface area contributed by atoms with Gasteiger partial charge in [0.2, 0.25) is 0 Å². The van der Waals surface area contributed by atoms with Gasteiger partial charge >= 0.3 is 0 Å². The highest BCUT2D eigenvalue weighted by molar-refractivity contribution is 8.14. The molecule has 0 radical (unpaired) electrons. The van der Waals surface area contributed by atoms with Crippen LogP contribution >= 0.6 is 11.8 Å². The number of phenolic OH excluding ortho intramolecular Hbond substituents is 1. The van der Waals surface area contributed by atoms with Gasteiger partial charge in [-0.1, -0.05) is 60.3 Å². The molecule has 9 heteroatoms. The number of hydrogen-bond acceptors (Lipinski definition) is 7. The summed E-state index contributed by atoms with van der Waals surface area (Å²) in [6.07, 6.45) is 0.350. The van der Waals surface area contributed by atoms with Crippen molar-refractivity contribution in [3.63, 3.8) is 0 Å². The third-order valence-corrected chi connectivity index (χ3v) is 7.61. The van der Waals surface area contributed by atoms with E-state index in [-0.39, 0.29) is 29.5 Å². The third-order valence-electron chi connectivity index (χ3n) is 6.40. The second-order valence-corrected chi connectivity index (χ2v) is 10.5. The smallest absolute Gasteiger partial charge is 0.279 e. The zero-order chi connectivity index (χ0) is 28.9. The first kappa shape index (κ1) is 27.9. The van der Waals surface area contributed by atoms with Crippen molar-refractivity contribution in [3.05, 3.63) is 125 Å². The van der Waals surface area contributed by atoms with E-state index in [1.54, 1.807) is 43.3 Å². The summed E-state index contributed by atoms with van der Waals surface area (Å²) in [5.74, 6) is -0.0783. The van der Waals surface area contributed by atoms with Crippen molar-refractivity contribution in [2.45, 2.75) is 25.3 Å². The number of aromatic hydroxyl groups is 1. The first-order chi connectivity index (χ1) is 19.8. The van der Waals surface area contributed by atoms with Crippen LogP contribution < -0.4 is 9.47 Å². The maximum absolute atomic E-state index is 13.7. The van der Waals surface area contributed by atoms with Crippen LogP contribution in [0.15, 0.2) is 96.1 Å². The van der Waals surface area contributed by atoms with E-state index >= 15 is 0 Å². The van der Waals surface area contributed by atoms with Crippen LogP contribution in [0.5, 0.6) is 17.2 Å². The van der Waals surface area contributed by atoms with E-state index in [4.69, 9.17) is 9.47 Å². The maximum atomic E-state index is 13.7. The molecule has 1 aliphatic heterocycles. The van der Waals surface area contributed by atoms with Crippen LogP contribution in [0.25, 0.3) is 0 Å². The fourth-order valence-electron chi connectivity index (χ4n) is 4.51. The Morgan fingerprint density at radius 1 is 0.976 bits per heavy atom. The van der Waals surface area contributed by atoms with Crippen LogP contribution in [-0.4, -0.2) is 34.0 Å². The average molecular weight is 571 g/mol. The Hall–Kier alpha value is -4.63. The Kier molecular flexibility index (Phi) is 8.35. The molecule has 0 aromatic heterocycles. The molecule has 0 aliphatic carbocycles. The Bertz CT molecular complexity index is 1620. The predicted molar refractivity (Wildman–Crippen MR) is 156 cm³/mol. The zero-order valence-corrected chi connectivity index (χ0v) is 23.2. The van der Waals surface area contributed by atoms with Gasteiger partial charge in [0.15, 0.2) is 11.5 Å². The summed E-state index contributed by atoms with van der Waals surface area (Å²) in [7, 11) is 1.52. The Morgan fingerprint density at radius 2 is 1.71 bits per heavy atom. The number of ether oxygens (including phenoxy) is 2.